The Labute approximate surface area is 65.0 Å². The highest BCUT2D eigenvalue weighted by molar-refractivity contribution is 8.00. The van der Waals surface area contributed by atoms with E-state index in [2.05, 4.69) is 0 Å². The molecule has 0 aromatic heterocycles. The van der Waals surface area contributed by atoms with Crippen LogP contribution >= 0.6 is 11.8 Å². The molecule has 0 radical (unpaired) electrons. The molecule has 60 valence electrons. The molecule has 1 rings (SSSR count). The lowest BCUT2D eigenvalue weighted by Crippen LogP contribution is -2.19. The number of aliphatic hydroxyl groups excluding tert-OH is 1. The summed E-state index contributed by atoms with van der Waals surface area (Å²) < 4.78 is 12.9. The molecule has 3 heteroatoms. The van der Waals surface area contributed by atoms with Crippen molar-refractivity contribution in [2.75, 3.05) is 0 Å². The summed E-state index contributed by atoms with van der Waals surface area (Å²) in [6.45, 7) is 3.89. The SMILES string of the molecule is CC[C@H]1SC(O)[C@@H](F)[C@@H]1C. The fraction of sp³-hybridized carbons (Fsp3) is 1.00. The number of alkyl halides is 1. The second-order valence-corrected chi connectivity index (χ2v) is 4.14. The van der Waals surface area contributed by atoms with Gasteiger partial charge in [-0.05, 0) is 6.42 Å². The average Bonchev–Trinajstić information content (AvgIpc) is 2.17. The Morgan fingerprint density at radius 2 is 2.20 bits per heavy atom. The van der Waals surface area contributed by atoms with Gasteiger partial charge in [-0.15, -0.1) is 11.8 Å². The fourth-order valence-corrected chi connectivity index (χ4v) is 2.66. The van der Waals surface area contributed by atoms with Crippen LogP contribution in [0.3, 0.4) is 0 Å². The predicted molar refractivity (Wildman–Crippen MR) is 41.7 cm³/mol. The van der Waals surface area contributed by atoms with Crippen LogP contribution < -0.4 is 0 Å². The summed E-state index contributed by atoms with van der Waals surface area (Å²) in [5, 5.41) is 9.37. The van der Waals surface area contributed by atoms with Crippen molar-refractivity contribution in [1.29, 1.82) is 0 Å². The van der Waals surface area contributed by atoms with E-state index in [-0.39, 0.29) is 5.92 Å². The van der Waals surface area contributed by atoms with Crippen LogP contribution in [0, 0.1) is 5.92 Å². The molecular weight excluding hydrogens is 151 g/mol. The minimum atomic E-state index is -1.02. The van der Waals surface area contributed by atoms with Gasteiger partial charge in [0, 0.05) is 11.2 Å². The summed E-state index contributed by atoms with van der Waals surface area (Å²) in [5.74, 6) is 0.0185. The highest BCUT2D eigenvalue weighted by atomic mass is 32.2. The van der Waals surface area contributed by atoms with Gasteiger partial charge in [0.1, 0.15) is 11.6 Å². The Morgan fingerprint density at radius 1 is 1.60 bits per heavy atom. The van der Waals surface area contributed by atoms with Crippen LogP contribution in [0.1, 0.15) is 20.3 Å². The summed E-state index contributed by atoms with van der Waals surface area (Å²) in [6, 6.07) is 0. The molecule has 0 amide bonds. The smallest absolute Gasteiger partial charge is 0.139 e. The number of aliphatic hydroxyl groups is 1. The minimum Gasteiger partial charge on any atom is -0.379 e. The van der Waals surface area contributed by atoms with E-state index in [1.165, 1.54) is 11.8 Å². The molecule has 1 aliphatic heterocycles. The third-order valence-corrected chi connectivity index (χ3v) is 3.73. The quantitative estimate of drug-likeness (QED) is 0.637. The molecule has 1 unspecified atom stereocenters. The Balaban J connectivity index is 2.53. The van der Waals surface area contributed by atoms with E-state index in [1.807, 2.05) is 13.8 Å². The molecule has 0 aliphatic carbocycles. The summed E-state index contributed by atoms with van der Waals surface area (Å²) in [7, 11) is 0. The Hall–Kier alpha value is 0.240. The number of hydrogen-bond acceptors (Lipinski definition) is 2. The molecule has 0 bridgehead atoms. The van der Waals surface area contributed by atoms with Gasteiger partial charge in [0.05, 0.1) is 0 Å². The minimum absolute atomic E-state index is 0.0185. The molecule has 4 atom stereocenters. The zero-order valence-electron chi connectivity index (χ0n) is 6.25. The summed E-state index contributed by atoms with van der Waals surface area (Å²) in [4.78, 5) is 0. The normalized spacial score (nSPS) is 48.0. The maximum Gasteiger partial charge on any atom is 0.139 e. The van der Waals surface area contributed by atoms with Crippen molar-refractivity contribution in [2.24, 2.45) is 5.92 Å². The van der Waals surface area contributed by atoms with Crippen molar-refractivity contribution in [3.8, 4) is 0 Å². The highest BCUT2D eigenvalue weighted by Gasteiger charge is 2.39. The van der Waals surface area contributed by atoms with Gasteiger partial charge in [0.2, 0.25) is 0 Å². The molecule has 1 heterocycles. The molecule has 0 saturated carbocycles. The van der Waals surface area contributed by atoms with Gasteiger partial charge in [-0.2, -0.15) is 0 Å². The second-order valence-electron chi connectivity index (χ2n) is 2.78. The zero-order chi connectivity index (χ0) is 7.72. The van der Waals surface area contributed by atoms with Crippen molar-refractivity contribution >= 4 is 11.8 Å². The average molecular weight is 164 g/mol. The lowest BCUT2D eigenvalue weighted by atomic mass is 10.0. The van der Waals surface area contributed by atoms with E-state index in [0.29, 0.717) is 5.25 Å². The van der Waals surface area contributed by atoms with Crippen molar-refractivity contribution in [3.63, 3.8) is 0 Å². The first-order valence-corrected chi connectivity index (χ1v) is 4.58. The van der Waals surface area contributed by atoms with Crippen LogP contribution in [0.15, 0.2) is 0 Å². The van der Waals surface area contributed by atoms with Gasteiger partial charge < -0.3 is 5.11 Å². The van der Waals surface area contributed by atoms with Crippen LogP contribution in [0.5, 0.6) is 0 Å². The Morgan fingerprint density at radius 3 is 2.40 bits per heavy atom. The third kappa shape index (κ3) is 1.30. The van der Waals surface area contributed by atoms with Crippen LogP contribution in [-0.2, 0) is 0 Å². The van der Waals surface area contributed by atoms with E-state index in [0.717, 1.165) is 6.42 Å². The lowest BCUT2D eigenvalue weighted by Gasteiger charge is -2.11. The third-order valence-electron chi connectivity index (χ3n) is 2.08. The summed E-state index contributed by atoms with van der Waals surface area (Å²) in [6.07, 6.45) is -0.0708. The van der Waals surface area contributed by atoms with Crippen LogP contribution in [-0.4, -0.2) is 22.0 Å². The number of halogens is 1. The number of hydrogen-bond donors (Lipinski definition) is 1. The maximum absolute atomic E-state index is 12.9. The van der Waals surface area contributed by atoms with E-state index in [9.17, 15) is 4.39 Å². The van der Waals surface area contributed by atoms with Crippen LogP contribution in [0.4, 0.5) is 4.39 Å². The van der Waals surface area contributed by atoms with E-state index in [4.69, 9.17) is 5.11 Å². The highest BCUT2D eigenvalue weighted by Crippen LogP contribution is 2.40. The van der Waals surface area contributed by atoms with E-state index in [1.54, 1.807) is 0 Å². The van der Waals surface area contributed by atoms with Gasteiger partial charge in [-0.3, -0.25) is 0 Å². The molecule has 1 aliphatic rings. The number of thioether (sulfide) groups is 1. The summed E-state index contributed by atoms with van der Waals surface area (Å²) >= 11 is 1.36. The monoisotopic (exact) mass is 164 g/mol. The summed E-state index contributed by atoms with van der Waals surface area (Å²) in [5.41, 5.74) is -0.778. The van der Waals surface area contributed by atoms with Gasteiger partial charge in [0.25, 0.3) is 0 Å². The second kappa shape index (κ2) is 3.09. The first-order valence-electron chi connectivity index (χ1n) is 3.64. The molecule has 0 aromatic carbocycles. The van der Waals surface area contributed by atoms with Gasteiger partial charge in [0.15, 0.2) is 0 Å². The molecule has 1 nitrogen and oxygen atoms in total. The van der Waals surface area contributed by atoms with Crippen molar-refractivity contribution in [1.82, 2.24) is 0 Å². The topological polar surface area (TPSA) is 20.2 Å². The zero-order valence-corrected chi connectivity index (χ0v) is 7.07. The largest absolute Gasteiger partial charge is 0.379 e. The molecule has 1 fully saturated rings. The first kappa shape index (κ1) is 8.34. The molecule has 1 N–H and O–H groups in total. The first-order chi connectivity index (χ1) is 4.66. The van der Waals surface area contributed by atoms with Crippen molar-refractivity contribution < 1.29 is 9.50 Å². The molecular formula is C7H13FOS. The Bertz CT molecular complexity index is 120. The molecule has 0 spiro atoms. The van der Waals surface area contributed by atoms with Gasteiger partial charge >= 0.3 is 0 Å². The van der Waals surface area contributed by atoms with Crippen molar-refractivity contribution in [3.05, 3.63) is 0 Å². The molecule has 10 heavy (non-hydrogen) atoms. The van der Waals surface area contributed by atoms with E-state index >= 15 is 0 Å². The van der Waals surface area contributed by atoms with Crippen LogP contribution in [0.25, 0.3) is 0 Å². The van der Waals surface area contributed by atoms with Gasteiger partial charge in [-0.25, -0.2) is 4.39 Å². The number of rotatable bonds is 1. The van der Waals surface area contributed by atoms with Crippen LogP contribution in [0.2, 0.25) is 0 Å². The van der Waals surface area contributed by atoms with Gasteiger partial charge in [-0.1, -0.05) is 13.8 Å². The fourth-order valence-electron chi connectivity index (χ4n) is 1.31. The van der Waals surface area contributed by atoms with Crippen molar-refractivity contribution in [2.45, 2.75) is 37.1 Å². The molecule has 0 aromatic rings. The Kier molecular flexibility index (Phi) is 2.58. The predicted octanol–water partition coefficient (Wildman–Crippen LogP) is 1.80. The lowest BCUT2D eigenvalue weighted by molar-refractivity contribution is 0.123. The maximum atomic E-state index is 12.9. The standard InChI is InChI=1S/C7H13FOS/c1-3-5-4(2)6(8)7(9)10-5/h4-7,9H,3H2,1-2H3/t4-,5-,6+,7?/m1/s1. The molecule has 1 saturated heterocycles. The van der Waals surface area contributed by atoms with E-state index < -0.39 is 11.6 Å².